The molecular weight excluding hydrogens is 364 g/mol. The summed E-state index contributed by atoms with van der Waals surface area (Å²) in [4.78, 5) is 28.8. The number of aliphatic imine (C=N–C) groups is 1. The fourth-order valence-electron chi connectivity index (χ4n) is 3.94. The Kier molecular flexibility index (Phi) is 5.35. The molecule has 1 unspecified atom stereocenters. The number of rotatable bonds is 3. The van der Waals surface area contributed by atoms with Crippen LogP contribution in [0.15, 0.2) is 29.3 Å². The monoisotopic (exact) mass is 390 g/mol. The first-order chi connectivity index (χ1) is 12.6. The molecule has 27 heavy (non-hydrogen) atoms. The van der Waals surface area contributed by atoms with Crippen molar-refractivity contribution < 1.29 is 14.3 Å². The lowest BCUT2D eigenvalue weighted by atomic mass is 9.96. The molecule has 0 aliphatic heterocycles. The van der Waals surface area contributed by atoms with Crippen molar-refractivity contribution in [2.45, 2.75) is 70.9 Å². The second-order valence-electron chi connectivity index (χ2n) is 8.58. The Hall–Kier alpha value is -1.88. The summed E-state index contributed by atoms with van der Waals surface area (Å²) in [5.41, 5.74) is 1.63. The summed E-state index contributed by atoms with van der Waals surface area (Å²) in [5, 5.41) is 3.30. The van der Waals surface area contributed by atoms with Crippen molar-refractivity contribution in [3.8, 4) is 0 Å². The molecule has 0 heterocycles. The Labute approximate surface area is 165 Å². The topological polar surface area (TPSA) is 67.8 Å². The summed E-state index contributed by atoms with van der Waals surface area (Å²) in [6.45, 7) is 6.99. The number of carbonyl (C=O) groups is 2. The van der Waals surface area contributed by atoms with Crippen LogP contribution in [0.2, 0.25) is 5.02 Å². The number of amides is 2. The van der Waals surface area contributed by atoms with Crippen molar-refractivity contribution in [1.82, 2.24) is 5.32 Å². The zero-order chi connectivity index (χ0) is 19.8. The van der Waals surface area contributed by atoms with Crippen LogP contribution in [0.3, 0.4) is 0 Å². The maximum atomic E-state index is 12.5. The number of nitrogens with one attached hydrogen (secondary N) is 1. The zero-order valence-corrected chi connectivity index (χ0v) is 17.1. The lowest BCUT2D eigenvalue weighted by Gasteiger charge is -2.21. The number of hydrogen-bond donors (Lipinski definition) is 1. The molecule has 146 valence electrons. The molecule has 2 saturated carbocycles. The van der Waals surface area contributed by atoms with E-state index < -0.39 is 17.7 Å². The van der Waals surface area contributed by atoms with Gasteiger partial charge in [-0.05, 0) is 77.0 Å². The van der Waals surface area contributed by atoms with Gasteiger partial charge < -0.3 is 10.1 Å². The highest BCUT2D eigenvalue weighted by molar-refractivity contribution is 6.30. The molecule has 1 aromatic rings. The number of nitrogens with zero attached hydrogens (tertiary/aromatic N) is 1. The average Bonchev–Trinajstić information content (AvgIpc) is 3.14. The number of alkyl carbamates (subject to hydrolysis) is 1. The molecular formula is C21H27ClN2O3. The van der Waals surface area contributed by atoms with E-state index in [0.717, 1.165) is 36.4 Å². The maximum absolute atomic E-state index is 12.5. The van der Waals surface area contributed by atoms with Crippen LogP contribution in [0.4, 0.5) is 4.79 Å². The summed E-state index contributed by atoms with van der Waals surface area (Å²) in [7, 11) is 0. The number of benzene rings is 1. The molecule has 1 spiro atoms. The molecule has 2 aliphatic carbocycles. The van der Waals surface area contributed by atoms with Crippen molar-refractivity contribution in [2.24, 2.45) is 10.4 Å². The van der Waals surface area contributed by atoms with Crippen molar-refractivity contribution >= 4 is 29.3 Å². The Morgan fingerprint density at radius 1 is 1.30 bits per heavy atom. The van der Waals surface area contributed by atoms with Gasteiger partial charge in [0.25, 0.3) is 5.91 Å². The van der Waals surface area contributed by atoms with Crippen LogP contribution in [0.5, 0.6) is 0 Å². The van der Waals surface area contributed by atoms with Gasteiger partial charge in [0.15, 0.2) is 0 Å². The van der Waals surface area contributed by atoms with Gasteiger partial charge in [-0.3, -0.25) is 4.79 Å². The minimum absolute atomic E-state index is 0.00906. The molecule has 2 aliphatic rings. The van der Waals surface area contributed by atoms with E-state index in [1.165, 1.54) is 5.56 Å². The van der Waals surface area contributed by atoms with E-state index in [-0.39, 0.29) is 11.3 Å². The molecule has 0 radical (unpaired) electrons. The fraction of sp³-hybridized carbons (Fsp3) is 0.571. The molecule has 3 rings (SSSR count). The standard InChI is InChI=1S/C21H27ClN2O3/c1-13(23-19(26)27-20(2,3)4)18(25)24-17-6-5-11-21(17)12-16(21)14-7-9-15(22)10-8-14/h7-10,13,16H,5-6,11-12H2,1-4H3,(H,23,26)/t13-,16?,21-/m0/s1. The highest BCUT2D eigenvalue weighted by Gasteiger charge is 2.59. The molecule has 0 aromatic heterocycles. The number of halogens is 1. The minimum Gasteiger partial charge on any atom is -0.444 e. The Morgan fingerprint density at radius 2 is 1.96 bits per heavy atom. The van der Waals surface area contributed by atoms with E-state index in [1.807, 2.05) is 12.1 Å². The molecule has 1 N–H and O–H groups in total. The minimum atomic E-state index is -0.710. The smallest absolute Gasteiger partial charge is 0.408 e. The van der Waals surface area contributed by atoms with Crippen LogP contribution in [0.25, 0.3) is 0 Å². The van der Waals surface area contributed by atoms with Crippen LogP contribution in [0.1, 0.15) is 64.9 Å². The summed E-state index contributed by atoms with van der Waals surface area (Å²) >= 11 is 5.99. The SMILES string of the molecule is C[C@H](NC(=O)OC(C)(C)C)C(=O)N=C1CCC[C@@]12CC2c1ccc(Cl)cc1. The van der Waals surface area contributed by atoms with E-state index in [9.17, 15) is 9.59 Å². The van der Waals surface area contributed by atoms with Crippen LogP contribution in [0, 0.1) is 5.41 Å². The summed E-state index contributed by atoms with van der Waals surface area (Å²) < 4.78 is 5.20. The Balaban J connectivity index is 1.66. The first-order valence-electron chi connectivity index (χ1n) is 9.48. The zero-order valence-electron chi connectivity index (χ0n) is 16.3. The maximum Gasteiger partial charge on any atom is 0.408 e. The van der Waals surface area contributed by atoms with Gasteiger partial charge in [0.05, 0.1) is 0 Å². The van der Waals surface area contributed by atoms with Gasteiger partial charge in [0.2, 0.25) is 0 Å². The van der Waals surface area contributed by atoms with E-state index >= 15 is 0 Å². The van der Waals surface area contributed by atoms with Crippen LogP contribution < -0.4 is 5.32 Å². The quantitative estimate of drug-likeness (QED) is 0.799. The van der Waals surface area contributed by atoms with E-state index in [0.29, 0.717) is 5.92 Å². The average molecular weight is 391 g/mol. The first-order valence-corrected chi connectivity index (χ1v) is 9.85. The molecule has 1 aromatic carbocycles. The first kappa shape index (κ1) is 19.9. The highest BCUT2D eigenvalue weighted by atomic mass is 35.5. The second kappa shape index (κ2) is 7.27. The number of carbonyl (C=O) groups excluding carboxylic acids is 2. The van der Waals surface area contributed by atoms with E-state index in [1.54, 1.807) is 27.7 Å². The number of ether oxygens (including phenoxy) is 1. The third-order valence-electron chi connectivity index (χ3n) is 5.31. The molecule has 0 bridgehead atoms. The molecule has 2 fully saturated rings. The van der Waals surface area contributed by atoms with Gasteiger partial charge in [0, 0.05) is 16.1 Å². The molecule has 5 nitrogen and oxygen atoms in total. The summed E-state index contributed by atoms with van der Waals surface area (Å²) in [6, 6.07) is 7.23. The van der Waals surface area contributed by atoms with Crippen molar-refractivity contribution in [2.75, 3.05) is 0 Å². The van der Waals surface area contributed by atoms with Gasteiger partial charge >= 0.3 is 6.09 Å². The van der Waals surface area contributed by atoms with Crippen molar-refractivity contribution in [1.29, 1.82) is 0 Å². The van der Waals surface area contributed by atoms with Gasteiger partial charge in [-0.15, -0.1) is 0 Å². The van der Waals surface area contributed by atoms with Crippen LogP contribution >= 0.6 is 11.6 Å². The molecule has 2 amide bonds. The normalized spacial score (nSPS) is 26.9. The van der Waals surface area contributed by atoms with Gasteiger partial charge in [-0.2, -0.15) is 0 Å². The third-order valence-corrected chi connectivity index (χ3v) is 5.56. The predicted molar refractivity (Wildman–Crippen MR) is 106 cm³/mol. The summed E-state index contributed by atoms with van der Waals surface area (Å²) in [5.74, 6) is 0.0804. The van der Waals surface area contributed by atoms with Crippen molar-refractivity contribution in [3.63, 3.8) is 0 Å². The fourth-order valence-corrected chi connectivity index (χ4v) is 4.07. The van der Waals surface area contributed by atoms with Crippen LogP contribution in [-0.2, 0) is 9.53 Å². The van der Waals surface area contributed by atoms with Gasteiger partial charge in [-0.25, -0.2) is 9.79 Å². The molecule has 3 atom stereocenters. The van der Waals surface area contributed by atoms with Gasteiger partial charge in [-0.1, -0.05) is 23.7 Å². The largest absolute Gasteiger partial charge is 0.444 e. The van der Waals surface area contributed by atoms with Crippen molar-refractivity contribution in [3.05, 3.63) is 34.9 Å². The lowest BCUT2D eigenvalue weighted by Crippen LogP contribution is -2.41. The highest BCUT2D eigenvalue weighted by Crippen LogP contribution is 2.66. The van der Waals surface area contributed by atoms with Crippen LogP contribution in [-0.4, -0.2) is 29.4 Å². The van der Waals surface area contributed by atoms with Gasteiger partial charge in [0.1, 0.15) is 11.6 Å². The molecule has 0 saturated heterocycles. The predicted octanol–water partition coefficient (Wildman–Crippen LogP) is 4.88. The Bertz CT molecular complexity index is 767. The van der Waals surface area contributed by atoms with E-state index in [4.69, 9.17) is 16.3 Å². The Morgan fingerprint density at radius 3 is 2.59 bits per heavy atom. The number of hydrogen-bond acceptors (Lipinski definition) is 3. The molecule has 6 heteroatoms. The van der Waals surface area contributed by atoms with E-state index in [2.05, 4.69) is 22.4 Å². The summed E-state index contributed by atoms with van der Waals surface area (Å²) in [6.07, 6.45) is 3.36. The lowest BCUT2D eigenvalue weighted by molar-refractivity contribution is -0.119. The second-order valence-corrected chi connectivity index (χ2v) is 9.02. The third kappa shape index (κ3) is 4.52.